The zero-order valence-corrected chi connectivity index (χ0v) is 7.89. The highest BCUT2D eigenvalue weighted by Crippen LogP contribution is 2.24. The highest BCUT2D eigenvalue weighted by molar-refractivity contribution is 7.22. The van der Waals surface area contributed by atoms with Crippen LogP contribution in [0, 0.1) is 0 Å². The quantitative estimate of drug-likeness (QED) is 0.704. The summed E-state index contributed by atoms with van der Waals surface area (Å²) in [5, 5.41) is 0.538. The van der Waals surface area contributed by atoms with E-state index in [1.165, 1.54) is 18.3 Å². The number of ketones is 1. The van der Waals surface area contributed by atoms with Gasteiger partial charge in [0, 0.05) is 5.56 Å². The number of rotatable bonds is 1. The Hall–Kier alpha value is -1.42. The molecule has 0 atom stereocenters. The molecule has 1 heterocycles. The number of benzene rings is 1. The van der Waals surface area contributed by atoms with Gasteiger partial charge in [-0.05, 0) is 25.1 Å². The van der Waals surface area contributed by atoms with Crippen molar-refractivity contribution in [2.24, 2.45) is 0 Å². The number of Topliss-reactive ketones (excluding diaryl/α,β-unsaturated/α-hetero) is 1. The molecule has 66 valence electrons. The van der Waals surface area contributed by atoms with Crippen LogP contribution in [0.3, 0.4) is 0 Å². The van der Waals surface area contributed by atoms with E-state index in [-0.39, 0.29) is 5.78 Å². The topological polar surface area (TPSA) is 56.0 Å². The lowest BCUT2D eigenvalue weighted by molar-refractivity contribution is 0.101. The predicted molar refractivity (Wildman–Crippen MR) is 54.0 cm³/mol. The van der Waals surface area contributed by atoms with Gasteiger partial charge in [0.25, 0.3) is 0 Å². The van der Waals surface area contributed by atoms with Gasteiger partial charge in [-0.1, -0.05) is 11.3 Å². The van der Waals surface area contributed by atoms with E-state index in [1.807, 2.05) is 6.07 Å². The Morgan fingerprint density at radius 1 is 1.54 bits per heavy atom. The summed E-state index contributed by atoms with van der Waals surface area (Å²) in [6, 6.07) is 5.44. The standard InChI is InChI=1S/C9H8N2OS/c1-5(12)6-2-3-8-7(4-6)11-9(10)13-8/h2-4H,1H3,(H2,10,11). The van der Waals surface area contributed by atoms with Gasteiger partial charge < -0.3 is 5.73 Å². The van der Waals surface area contributed by atoms with Crippen LogP contribution in [0.2, 0.25) is 0 Å². The molecule has 2 aromatic rings. The Bertz CT molecular complexity index is 475. The van der Waals surface area contributed by atoms with Gasteiger partial charge in [0.2, 0.25) is 0 Å². The van der Waals surface area contributed by atoms with Crippen molar-refractivity contribution < 1.29 is 4.79 Å². The molecular formula is C9H8N2OS. The van der Waals surface area contributed by atoms with Crippen LogP contribution >= 0.6 is 11.3 Å². The van der Waals surface area contributed by atoms with Crippen molar-refractivity contribution in [1.82, 2.24) is 4.98 Å². The Balaban J connectivity index is 2.67. The number of anilines is 1. The van der Waals surface area contributed by atoms with E-state index in [4.69, 9.17) is 5.73 Å². The van der Waals surface area contributed by atoms with Crippen molar-refractivity contribution in [2.75, 3.05) is 5.73 Å². The number of carbonyl (C=O) groups is 1. The minimum Gasteiger partial charge on any atom is -0.375 e. The minimum absolute atomic E-state index is 0.0495. The van der Waals surface area contributed by atoms with Crippen LogP contribution < -0.4 is 5.73 Å². The van der Waals surface area contributed by atoms with Gasteiger partial charge in [0.1, 0.15) is 0 Å². The second-order valence-electron chi connectivity index (χ2n) is 2.79. The second-order valence-corrected chi connectivity index (χ2v) is 3.85. The lowest BCUT2D eigenvalue weighted by Gasteiger charge is -1.92. The maximum Gasteiger partial charge on any atom is 0.181 e. The summed E-state index contributed by atoms with van der Waals surface area (Å²) < 4.78 is 1.02. The summed E-state index contributed by atoms with van der Waals surface area (Å²) in [5.41, 5.74) is 7.02. The van der Waals surface area contributed by atoms with Crippen LogP contribution in [0.5, 0.6) is 0 Å². The van der Waals surface area contributed by atoms with Crippen LogP contribution in [-0.4, -0.2) is 10.8 Å². The molecule has 0 aliphatic rings. The molecule has 0 fully saturated rings. The highest BCUT2D eigenvalue weighted by atomic mass is 32.1. The van der Waals surface area contributed by atoms with Crippen LogP contribution in [-0.2, 0) is 0 Å². The van der Waals surface area contributed by atoms with E-state index in [1.54, 1.807) is 12.1 Å². The monoisotopic (exact) mass is 192 g/mol. The molecule has 2 rings (SSSR count). The second kappa shape index (κ2) is 2.81. The summed E-state index contributed by atoms with van der Waals surface area (Å²) in [6.45, 7) is 1.54. The van der Waals surface area contributed by atoms with Gasteiger partial charge in [-0.25, -0.2) is 4.98 Å². The molecule has 0 spiro atoms. The fourth-order valence-corrected chi connectivity index (χ4v) is 1.88. The molecule has 3 nitrogen and oxygen atoms in total. The van der Waals surface area contributed by atoms with Crippen LogP contribution in [0.4, 0.5) is 5.13 Å². The number of nitrogen functional groups attached to an aromatic ring is 1. The lowest BCUT2D eigenvalue weighted by atomic mass is 10.1. The molecule has 0 radical (unpaired) electrons. The molecule has 4 heteroatoms. The lowest BCUT2D eigenvalue weighted by Crippen LogP contribution is -1.90. The maximum absolute atomic E-state index is 11.0. The van der Waals surface area contributed by atoms with Gasteiger partial charge in [-0.3, -0.25) is 4.79 Å². The van der Waals surface area contributed by atoms with E-state index >= 15 is 0 Å². The zero-order chi connectivity index (χ0) is 9.42. The fourth-order valence-electron chi connectivity index (χ4n) is 1.16. The summed E-state index contributed by atoms with van der Waals surface area (Å²) >= 11 is 1.43. The summed E-state index contributed by atoms with van der Waals surface area (Å²) in [6.07, 6.45) is 0. The third-order valence-electron chi connectivity index (χ3n) is 1.81. The number of hydrogen-bond donors (Lipinski definition) is 1. The SMILES string of the molecule is CC(=O)c1ccc2sc(N)nc2c1. The van der Waals surface area contributed by atoms with Crippen molar-refractivity contribution >= 4 is 32.5 Å². The molecule has 2 N–H and O–H groups in total. The first-order chi connectivity index (χ1) is 6.16. The third-order valence-corrected chi connectivity index (χ3v) is 2.68. The van der Waals surface area contributed by atoms with Crippen molar-refractivity contribution in [2.45, 2.75) is 6.92 Å². The fraction of sp³-hybridized carbons (Fsp3) is 0.111. The number of aromatic nitrogens is 1. The molecular weight excluding hydrogens is 184 g/mol. The maximum atomic E-state index is 11.0. The van der Waals surface area contributed by atoms with Crippen molar-refractivity contribution in [1.29, 1.82) is 0 Å². The number of nitrogens with zero attached hydrogens (tertiary/aromatic N) is 1. The number of hydrogen-bond acceptors (Lipinski definition) is 4. The molecule has 0 aliphatic heterocycles. The van der Waals surface area contributed by atoms with E-state index < -0.39 is 0 Å². The molecule has 1 aromatic heterocycles. The average molecular weight is 192 g/mol. The van der Waals surface area contributed by atoms with Crippen LogP contribution in [0.15, 0.2) is 18.2 Å². The Morgan fingerprint density at radius 3 is 3.00 bits per heavy atom. The van der Waals surface area contributed by atoms with Gasteiger partial charge in [-0.2, -0.15) is 0 Å². The van der Waals surface area contributed by atoms with Crippen LogP contribution in [0.1, 0.15) is 17.3 Å². The number of thiazole rings is 1. The number of nitrogens with two attached hydrogens (primary N) is 1. The third kappa shape index (κ3) is 1.40. The highest BCUT2D eigenvalue weighted by Gasteiger charge is 2.04. The number of fused-ring (bicyclic) bond motifs is 1. The molecule has 0 amide bonds. The largest absolute Gasteiger partial charge is 0.375 e. The first kappa shape index (κ1) is 8.19. The Kier molecular flexibility index (Phi) is 1.77. The minimum atomic E-state index is 0.0495. The zero-order valence-electron chi connectivity index (χ0n) is 7.07. The molecule has 0 saturated heterocycles. The molecule has 1 aromatic carbocycles. The van der Waals surface area contributed by atoms with E-state index in [0.29, 0.717) is 10.7 Å². The number of carbonyl (C=O) groups excluding carboxylic acids is 1. The van der Waals surface area contributed by atoms with Gasteiger partial charge in [0.05, 0.1) is 10.2 Å². The predicted octanol–water partition coefficient (Wildman–Crippen LogP) is 2.08. The summed E-state index contributed by atoms with van der Waals surface area (Å²) in [5.74, 6) is 0.0495. The van der Waals surface area contributed by atoms with Crippen molar-refractivity contribution in [3.63, 3.8) is 0 Å². The molecule has 13 heavy (non-hydrogen) atoms. The Morgan fingerprint density at radius 2 is 2.31 bits per heavy atom. The summed E-state index contributed by atoms with van der Waals surface area (Å²) in [7, 11) is 0. The van der Waals surface area contributed by atoms with E-state index in [0.717, 1.165) is 10.2 Å². The normalized spacial score (nSPS) is 10.5. The van der Waals surface area contributed by atoms with Gasteiger partial charge >= 0.3 is 0 Å². The molecule has 0 unspecified atom stereocenters. The first-order valence-corrected chi connectivity index (χ1v) is 4.65. The molecule has 0 aliphatic carbocycles. The van der Waals surface area contributed by atoms with Crippen molar-refractivity contribution in [3.05, 3.63) is 23.8 Å². The van der Waals surface area contributed by atoms with Gasteiger partial charge in [-0.15, -0.1) is 0 Å². The first-order valence-electron chi connectivity index (χ1n) is 3.84. The van der Waals surface area contributed by atoms with Crippen molar-refractivity contribution in [3.8, 4) is 0 Å². The molecule has 0 saturated carbocycles. The van der Waals surface area contributed by atoms with E-state index in [2.05, 4.69) is 4.98 Å². The smallest absolute Gasteiger partial charge is 0.181 e. The molecule has 0 bridgehead atoms. The van der Waals surface area contributed by atoms with Crippen LogP contribution in [0.25, 0.3) is 10.2 Å². The van der Waals surface area contributed by atoms with Gasteiger partial charge in [0.15, 0.2) is 10.9 Å². The Labute approximate surface area is 79.2 Å². The summed E-state index contributed by atoms with van der Waals surface area (Å²) in [4.78, 5) is 15.1. The average Bonchev–Trinajstić information content (AvgIpc) is 2.42. The van der Waals surface area contributed by atoms with E-state index in [9.17, 15) is 4.79 Å².